The number of carbonyl (C=O) groups excluding carboxylic acids is 2. The van der Waals surface area contributed by atoms with Gasteiger partial charge in [-0.3, -0.25) is 14.1 Å². The van der Waals surface area contributed by atoms with Crippen LogP contribution < -0.4 is 30.7 Å². The first-order valence-corrected chi connectivity index (χ1v) is 38.8. The van der Waals surface area contributed by atoms with Crippen molar-refractivity contribution in [3.05, 3.63) is 338 Å². The second kappa shape index (κ2) is 33.3. The summed E-state index contributed by atoms with van der Waals surface area (Å²) in [5, 5.41) is 12.3. The van der Waals surface area contributed by atoms with Gasteiger partial charge in [0.1, 0.15) is 15.0 Å². The predicted octanol–water partition coefficient (Wildman–Crippen LogP) is 18.7. The maximum atomic E-state index is 14.0. The Labute approximate surface area is 629 Å². The van der Waals surface area contributed by atoms with Crippen LogP contribution in [0.5, 0.6) is 0 Å². The van der Waals surface area contributed by atoms with E-state index in [9.17, 15) is 35.5 Å². The Bertz CT molecular complexity index is 5340. The number of fused-ring (bicyclic) bond motifs is 4. The molecule has 16 heteroatoms. The Morgan fingerprint density at radius 1 is 0.486 bits per heavy atom. The molecule has 2 aliphatic rings. The van der Waals surface area contributed by atoms with Crippen LogP contribution in [0.4, 0.5) is 39.8 Å². The topological polar surface area (TPSA) is 202 Å². The van der Waals surface area contributed by atoms with E-state index in [2.05, 4.69) is 248 Å². The first kappa shape index (κ1) is 76.6. The van der Waals surface area contributed by atoms with E-state index in [0.29, 0.717) is 28.1 Å². The molecule has 2 aliphatic carbocycles. The van der Waals surface area contributed by atoms with E-state index in [4.69, 9.17) is 0 Å². The van der Waals surface area contributed by atoms with Crippen LogP contribution in [0.2, 0.25) is 0 Å². The zero-order valence-corrected chi connectivity index (χ0v) is 63.8. The number of anilines is 7. The lowest BCUT2D eigenvalue weighted by atomic mass is 9.82. The van der Waals surface area contributed by atoms with Crippen molar-refractivity contribution in [2.75, 3.05) is 51.9 Å². The average Bonchev–Trinajstić information content (AvgIpc) is 0.734. The summed E-state index contributed by atoms with van der Waals surface area (Å²) in [6.07, 6.45) is 8.27. The molecule has 0 aromatic heterocycles. The van der Waals surface area contributed by atoms with Crippen LogP contribution in [-0.4, -0.2) is 69.4 Å². The first-order valence-electron chi connectivity index (χ1n) is 35.9. The van der Waals surface area contributed by atoms with E-state index in [-0.39, 0.29) is 60.1 Å². The van der Waals surface area contributed by atoms with E-state index < -0.39 is 31.8 Å². The molecule has 0 saturated heterocycles. The quantitative estimate of drug-likeness (QED) is 0.0426. The van der Waals surface area contributed by atoms with Crippen molar-refractivity contribution in [1.29, 1.82) is 0 Å². The number of aryl methyl sites for hydroxylation is 4. The van der Waals surface area contributed by atoms with Gasteiger partial charge in [-0.25, -0.2) is 13.4 Å². The Hall–Kier alpha value is -11.5. The molecule has 0 fully saturated rings. The molecule has 107 heavy (non-hydrogen) atoms. The molecule has 5 N–H and O–H groups in total. The number of rotatable bonds is 21. The Kier molecular flexibility index (Phi) is 23.8. The lowest BCUT2D eigenvalue weighted by Gasteiger charge is -2.26. The van der Waals surface area contributed by atoms with Gasteiger partial charge in [-0.1, -0.05) is 189 Å². The standard InChI is InChI=1S/C40H43N3.C32H30N2O8S2.C19H17N/c1-6-30-15-17-31(18-16-30)29-41-39-28-27-38(36-13-11-12-14-37(36)39)40(32-19-23-34(24-20-32)42(7-2)8-3)33-21-25-35(26-22-33)43(9-4)10-5;1-15-13-17(3)31(43(37,38)39)19(5)27(15)33-23-11-12-24(26-25(23)29(35)21-9-7-8-10-22(21)30(26)36)34-28-16(2)14-18(4)32(20(28)6)44(40,41)42;1-2-15-10-12-16(13-11-15)14-20-19-9-5-7-17-6-3-4-8-18(17)19/h6,11-28H,1,7-10,29H2,2-5H3;7-14,33-34H,1-6H3,(H,37,38,39)(H,40,41,42);2-13,20H,1,14H2. The highest BCUT2D eigenvalue weighted by Crippen LogP contribution is 2.43. The highest BCUT2D eigenvalue weighted by Gasteiger charge is 2.35. The van der Waals surface area contributed by atoms with Crippen molar-refractivity contribution in [3.8, 4) is 0 Å². The van der Waals surface area contributed by atoms with Crippen LogP contribution in [0.1, 0.15) is 137 Å². The predicted molar refractivity (Wildman–Crippen MR) is 440 cm³/mol. The van der Waals surface area contributed by atoms with Crippen LogP contribution in [0.15, 0.2) is 247 Å². The molecule has 0 heterocycles. The highest BCUT2D eigenvalue weighted by atomic mass is 32.2. The van der Waals surface area contributed by atoms with E-state index in [1.54, 1.807) is 69.3 Å². The number of allylic oxidation sites excluding steroid dienone is 3. The minimum absolute atomic E-state index is 0.0158. The smallest absolute Gasteiger partial charge is 0.295 e. The third-order valence-electron chi connectivity index (χ3n) is 19.9. The van der Waals surface area contributed by atoms with Crippen molar-refractivity contribution in [3.63, 3.8) is 0 Å². The number of hydrogen-bond donors (Lipinski definition) is 5. The van der Waals surface area contributed by atoms with Crippen LogP contribution in [0.3, 0.4) is 0 Å². The molecule has 13 rings (SSSR count). The summed E-state index contributed by atoms with van der Waals surface area (Å²) < 4.78 is 70.6. The molecule has 0 radical (unpaired) electrons. The SMILES string of the molecule is C=Cc1ccc(CNc2cccc3ccccc23)cc1.C=Cc1ccc(C[NH+]=C2C=CC(=C(c3ccc(N(CC)CC)cc3)c3ccc(N(CC)CC)cc3)c3ccccc32)cc1.Cc1cc(C)c(S(=O)(=O)[O-])c(C)c1Nc1ccc(Nc2c(C)cc(C)c(S(=O)(=O)O)c2C)c2c1C(=O)c1ccccc1C2=O. The molecule has 0 saturated carbocycles. The molecule has 0 unspecified atom stereocenters. The number of ketones is 2. The minimum atomic E-state index is -4.82. The average molecular weight is 1460 g/mol. The summed E-state index contributed by atoms with van der Waals surface area (Å²) in [5.41, 5.74) is 20.8. The Morgan fingerprint density at radius 2 is 0.925 bits per heavy atom. The summed E-state index contributed by atoms with van der Waals surface area (Å²) >= 11 is 0. The van der Waals surface area contributed by atoms with Crippen LogP contribution in [-0.2, 0) is 33.3 Å². The van der Waals surface area contributed by atoms with Gasteiger partial charge in [0.05, 0.1) is 33.0 Å². The van der Waals surface area contributed by atoms with Crippen LogP contribution >= 0.6 is 0 Å². The van der Waals surface area contributed by atoms with Gasteiger partial charge in [-0.2, -0.15) is 8.42 Å². The van der Waals surface area contributed by atoms with Gasteiger partial charge in [0.2, 0.25) is 5.71 Å². The van der Waals surface area contributed by atoms with Gasteiger partial charge in [-0.15, -0.1) is 0 Å². The maximum Gasteiger partial charge on any atom is 0.295 e. The first-order chi connectivity index (χ1) is 51.4. The van der Waals surface area contributed by atoms with Gasteiger partial charge in [-0.05, 0) is 207 Å². The molecule has 14 nitrogen and oxygen atoms in total. The zero-order chi connectivity index (χ0) is 76.4. The van der Waals surface area contributed by atoms with Crippen molar-refractivity contribution in [1.82, 2.24) is 0 Å². The largest absolute Gasteiger partial charge is 0.744 e. The fourth-order valence-corrected chi connectivity index (χ4v) is 16.4. The molecule has 0 atom stereocenters. The number of benzene rings is 11. The number of nitrogens with one attached hydrogen (secondary N) is 4. The summed E-state index contributed by atoms with van der Waals surface area (Å²) in [5.74, 6) is -0.921. The summed E-state index contributed by atoms with van der Waals surface area (Å²) in [6, 6.07) is 71.4. The number of nitrogens with zero attached hydrogens (tertiary/aromatic N) is 2. The van der Waals surface area contributed by atoms with Gasteiger partial charge < -0.3 is 30.3 Å². The van der Waals surface area contributed by atoms with Crippen molar-refractivity contribution in [2.45, 2.75) is 92.1 Å². The third-order valence-corrected chi connectivity index (χ3v) is 22.1. The lowest BCUT2D eigenvalue weighted by molar-refractivity contribution is -0.473. The monoisotopic (exact) mass is 1460 g/mol. The van der Waals surface area contributed by atoms with Gasteiger partial charge in [0.15, 0.2) is 18.1 Å². The van der Waals surface area contributed by atoms with E-state index >= 15 is 0 Å². The van der Waals surface area contributed by atoms with Crippen molar-refractivity contribution < 1.29 is 40.5 Å². The normalized spacial score (nSPS) is 12.6. The van der Waals surface area contributed by atoms with E-state index in [1.807, 2.05) is 12.2 Å². The highest BCUT2D eigenvalue weighted by molar-refractivity contribution is 7.86. The molecule has 11 aromatic carbocycles. The zero-order valence-electron chi connectivity index (χ0n) is 62.2. The second-order valence-electron chi connectivity index (χ2n) is 26.6. The fourth-order valence-electron chi connectivity index (χ4n) is 14.5. The van der Waals surface area contributed by atoms with E-state index in [0.717, 1.165) is 56.1 Å². The molecule has 0 spiro atoms. The molecule has 0 bridgehead atoms. The number of carbonyl (C=O) groups is 2. The fraction of sp³-hybridized carbons (Fsp3) is 0.176. The Morgan fingerprint density at radius 3 is 1.40 bits per heavy atom. The van der Waals surface area contributed by atoms with Crippen LogP contribution in [0.25, 0.3) is 34.1 Å². The van der Waals surface area contributed by atoms with Crippen molar-refractivity contribution in [2.24, 2.45) is 0 Å². The molecule has 0 amide bonds. The third kappa shape index (κ3) is 16.8. The molecule has 544 valence electrons. The second-order valence-corrected chi connectivity index (χ2v) is 29.3. The lowest BCUT2D eigenvalue weighted by Crippen LogP contribution is -2.71. The molecule has 11 aromatic rings. The van der Waals surface area contributed by atoms with Gasteiger partial charge >= 0.3 is 0 Å². The van der Waals surface area contributed by atoms with Crippen molar-refractivity contribution >= 4 is 111 Å². The molecule has 0 aliphatic heterocycles. The van der Waals surface area contributed by atoms with Gasteiger partial charge in [0.25, 0.3) is 10.1 Å². The summed E-state index contributed by atoms with van der Waals surface area (Å²) in [4.78, 5) is 35.9. The van der Waals surface area contributed by atoms with Crippen LogP contribution in [0, 0.1) is 41.5 Å². The summed E-state index contributed by atoms with van der Waals surface area (Å²) in [6.45, 7) is 31.6. The Balaban J connectivity index is 0.000000171. The van der Waals surface area contributed by atoms with E-state index in [1.165, 1.54) is 93.1 Å². The number of hydrogen-bond acceptors (Lipinski definition) is 12. The van der Waals surface area contributed by atoms with Gasteiger partial charge in [0, 0.05) is 89.3 Å². The summed E-state index contributed by atoms with van der Waals surface area (Å²) in [7, 11) is -9.40. The molecular weight excluding hydrogens is 1370 g/mol. The molecular formula is C91H90N6O8S2. The minimum Gasteiger partial charge on any atom is -0.744 e. The maximum absolute atomic E-state index is 14.0.